The van der Waals surface area contributed by atoms with Crippen molar-refractivity contribution in [2.75, 3.05) is 6.61 Å². The topological polar surface area (TPSA) is 79.2 Å². The van der Waals surface area contributed by atoms with Gasteiger partial charge in [-0.15, -0.1) is 0 Å². The maximum absolute atomic E-state index is 11.9. The lowest BCUT2D eigenvalue weighted by molar-refractivity contribution is 0.200. The highest BCUT2D eigenvalue weighted by molar-refractivity contribution is 5.74. The van der Waals surface area contributed by atoms with Crippen LogP contribution in [-0.4, -0.2) is 33.6 Å². The van der Waals surface area contributed by atoms with Gasteiger partial charge in [0, 0.05) is 31.6 Å². The quantitative estimate of drug-likeness (QED) is 0.728. The van der Waals surface area contributed by atoms with Gasteiger partial charge in [0.05, 0.1) is 6.54 Å². The molecule has 2 rings (SSSR count). The summed E-state index contributed by atoms with van der Waals surface area (Å²) in [4.78, 5) is 11.9. The number of nitrogens with zero attached hydrogens (tertiary/aromatic N) is 2. The Labute approximate surface area is 136 Å². The first kappa shape index (κ1) is 17.0. The van der Waals surface area contributed by atoms with Crippen LogP contribution in [0.4, 0.5) is 4.79 Å². The highest BCUT2D eigenvalue weighted by atomic mass is 16.3. The Balaban J connectivity index is 1.84. The average molecular weight is 316 g/mol. The van der Waals surface area contributed by atoms with E-state index < -0.39 is 0 Å². The van der Waals surface area contributed by atoms with Gasteiger partial charge >= 0.3 is 6.03 Å². The van der Waals surface area contributed by atoms with Crippen molar-refractivity contribution in [3.63, 3.8) is 0 Å². The summed E-state index contributed by atoms with van der Waals surface area (Å²) in [7, 11) is 0. The van der Waals surface area contributed by atoms with Crippen molar-refractivity contribution in [3.05, 3.63) is 53.9 Å². The maximum atomic E-state index is 11.9. The molecule has 0 aliphatic heterocycles. The average Bonchev–Trinajstić information content (AvgIpc) is 3.05. The Morgan fingerprint density at radius 3 is 2.78 bits per heavy atom. The van der Waals surface area contributed by atoms with E-state index in [1.807, 2.05) is 49.0 Å². The number of aliphatic hydroxyl groups excluding tert-OH is 1. The van der Waals surface area contributed by atoms with E-state index in [1.165, 1.54) is 0 Å². The van der Waals surface area contributed by atoms with E-state index in [0.717, 1.165) is 11.1 Å². The number of aliphatic hydroxyl groups is 1. The van der Waals surface area contributed by atoms with Crippen LogP contribution in [0.2, 0.25) is 0 Å². The highest BCUT2D eigenvalue weighted by Gasteiger charge is 2.13. The number of carbonyl (C=O) groups excluding carboxylic acids is 1. The molecule has 1 aromatic heterocycles. The van der Waals surface area contributed by atoms with E-state index in [2.05, 4.69) is 21.8 Å². The van der Waals surface area contributed by atoms with Crippen LogP contribution >= 0.6 is 0 Å². The first-order valence-electron chi connectivity index (χ1n) is 7.79. The number of hydrogen-bond donors (Lipinski definition) is 3. The lowest BCUT2D eigenvalue weighted by Crippen LogP contribution is -2.43. The molecule has 2 amide bonds. The maximum Gasteiger partial charge on any atom is 0.315 e. The van der Waals surface area contributed by atoms with Crippen molar-refractivity contribution in [1.29, 1.82) is 0 Å². The van der Waals surface area contributed by atoms with Crippen LogP contribution < -0.4 is 10.6 Å². The van der Waals surface area contributed by atoms with E-state index >= 15 is 0 Å². The molecule has 6 heteroatoms. The molecule has 0 radical (unpaired) electrons. The Kier molecular flexibility index (Phi) is 6.17. The molecule has 0 aliphatic carbocycles. The first-order valence-corrected chi connectivity index (χ1v) is 7.79. The van der Waals surface area contributed by atoms with Gasteiger partial charge in [-0.05, 0) is 30.0 Å². The van der Waals surface area contributed by atoms with Gasteiger partial charge in [0.1, 0.15) is 0 Å². The normalized spacial score (nSPS) is 13.3. The van der Waals surface area contributed by atoms with E-state index in [1.54, 1.807) is 6.20 Å². The number of benzene rings is 1. The molecule has 2 unspecified atom stereocenters. The first-order chi connectivity index (χ1) is 11.1. The molecular weight excluding hydrogens is 292 g/mol. The second-order valence-electron chi connectivity index (χ2n) is 5.80. The summed E-state index contributed by atoms with van der Waals surface area (Å²) in [5, 5.41) is 18.9. The molecule has 124 valence electrons. The van der Waals surface area contributed by atoms with Crippen LogP contribution in [0.1, 0.15) is 25.0 Å². The van der Waals surface area contributed by atoms with Crippen molar-refractivity contribution in [2.45, 2.75) is 33.0 Å². The zero-order valence-corrected chi connectivity index (χ0v) is 13.6. The Morgan fingerprint density at radius 2 is 2.09 bits per heavy atom. The molecule has 0 fully saturated rings. The summed E-state index contributed by atoms with van der Waals surface area (Å²) in [6.07, 6.45) is 3.67. The number of rotatable bonds is 7. The Bertz CT molecular complexity index is 613. The van der Waals surface area contributed by atoms with Crippen LogP contribution in [-0.2, 0) is 13.1 Å². The van der Waals surface area contributed by atoms with Crippen LogP contribution in [0.5, 0.6) is 0 Å². The molecule has 1 aromatic carbocycles. The summed E-state index contributed by atoms with van der Waals surface area (Å²) in [6.45, 7) is 4.99. The van der Waals surface area contributed by atoms with Crippen molar-refractivity contribution in [2.24, 2.45) is 5.92 Å². The third-order valence-corrected chi connectivity index (χ3v) is 3.85. The summed E-state index contributed by atoms with van der Waals surface area (Å²) >= 11 is 0. The third-order valence-electron chi connectivity index (χ3n) is 3.85. The molecule has 2 aromatic rings. The minimum atomic E-state index is -0.227. The molecule has 1 heterocycles. The Hall–Kier alpha value is -2.34. The van der Waals surface area contributed by atoms with Crippen molar-refractivity contribution < 1.29 is 9.90 Å². The fourth-order valence-corrected chi connectivity index (χ4v) is 2.16. The molecule has 2 atom stereocenters. The smallest absolute Gasteiger partial charge is 0.315 e. The second-order valence-corrected chi connectivity index (χ2v) is 5.80. The number of nitrogens with one attached hydrogen (secondary N) is 2. The molecule has 0 aliphatic rings. The minimum absolute atomic E-state index is 0.0261. The van der Waals surface area contributed by atoms with Crippen LogP contribution in [0.25, 0.3) is 0 Å². The van der Waals surface area contributed by atoms with E-state index in [-0.39, 0.29) is 24.6 Å². The lowest BCUT2D eigenvalue weighted by Gasteiger charge is -2.19. The molecule has 6 nitrogen and oxygen atoms in total. The third kappa shape index (κ3) is 5.41. The molecule has 0 saturated heterocycles. The largest absolute Gasteiger partial charge is 0.396 e. The molecular formula is C17H24N4O2. The van der Waals surface area contributed by atoms with Crippen molar-refractivity contribution in [1.82, 2.24) is 20.4 Å². The van der Waals surface area contributed by atoms with E-state index in [0.29, 0.717) is 13.1 Å². The van der Waals surface area contributed by atoms with Crippen LogP contribution in [0.3, 0.4) is 0 Å². The lowest BCUT2D eigenvalue weighted by atomic mass is 10.1. The van der Waals surface area contributed by atoms with E-state index in [9.17, 15) is 4.79 Å². The Morgan fingerprint density at radius 1 is 1.30 bits per heavy atom. The SMILES string of the molecule is CC(CO)C(C)NC(=O)NCc1cccc(Cn2cccn2)c1. The number of urea groups is 1. The predicted octanol–water partition coefficient (Wildman–Crippen LogP) is 1.75. The van der Waals surface area contributed by atoms with Crippen molar-refractivity contribution >= 4 is 6.03 Å². The van der Waals surface area contributed by atoms with Gasteiger partial charge in [-0.3, -0.25) is 4.68 Å². The molecule has 23 heavy (non-hydrogen) atoms. The van der Waals surface area contributed by atoms with E-state index in [4.69, 9.17) is 5.11 Å². The predicted molar refractivity (Wildman–Crippen MR) is 88.9 cm³/mol. The minimum Gasteiger partial charge on any atom is -0.396 e. The molecule has 0 saturated carbocycles. The molecule has 0 spiro atoms. The van der Waals surface area contributed by atoms with Gasteiger partial charge in [0.15, 0.2) is 0 Å². The molecule has 0 bridgehead atoms. The summed E-state index contributed by atoms with van der Waals surface area (Å²) < 4.78 is 1.86. The van der Waals surface area contributed by atoms with Gasteiger partial charge in [-0.1, -0.05) is 31.2 Å². The fraction of sp³-hybridized carbons (Fsp3) is 0.412. The standard InChI is InChI=1S/C17H24N4O2/c1-13(12-22)14(2)20-17(23)18-10-15-5-3-6-16(9-15)11-21-8-4-7-19-21/h3-9,13-14,22H,10-12H2,1-2H3,(H2,18,20,23). The van der Waals surface area contributed by atoms with Gasteiger partial charge in [0.25, 0.3) is 0 Å². The summed E-state index contributed by atoms with van der Waals surface area (Å²) in [6, 6.07) is 9.64. The zero-order valence-electron chi connectivity index (χ0n) is 13.6. The van der Waals surface area contributed by atoms with Crippen LogP contribution in [0.15, 0.2) is 42.7 Å². The van der Waals surface area contributed by atoms with Gasteiger partial charge in [-0.25, -0.2) is 4.79 Å². The fourth-order valence-electron chi connectivity index (χ4n) is 2.16. The second kappa shape index (κ2) is 8.33. The van der Waals surface area contributed by atoms with Gasteiger partial charge in [-0.2, -0.15) is 5.10 Å². The number of aromatic nitrogens is 2. The highest BCUT2D eigenvalue weighted by Crippen LogP contribution is 2.07. The van der Waals surface area contributed by atoms with Gasteiger partial charge < -0.3 is 15.7 Å². The number of amides is 2. The molecule has 3 N–H and O–H groups in total. The van der Waals surface area contributed by atoms with Gasteiger partial charge in [0.2, 0.25) is 0 Å². The van der Waals surface area contributed by atoms with Crippen molar-refractivity contribution in [3.8, 4) is 0 Å². The monoisotopic (exact) mass is 316 g/mol. The number of carbonyl (C=O) groups is 1. The summed E-state index contributed by atoms with van der Waals surface area (Å²) in [5.41, 5.74) is 2.17. The summed E-state index contributed by atoms with van der Waals surface area (Å²) in [5.74, 6) is 0.0261. The van der Waals surface area contributed by atoms with Crippen LogP contribution in [0, 0.1) is 5.92 Å². The number of hydrogen-bond acceptors (Lipinski definition) is 3. The zero-order chi connectivity index (χ0) is 16.7.